The Bertz CT molecular complexity index is 236. The van der Waals surface area contributed by atoms with E-state index in [4.69, 9.17) is 0 Å². The average Bonchev–Trinajstić information content (AvgIpc) is 2.08. The van der Waals surface area contributed by atoms with E-state index in [9.17, 15) is 0 Å². The van der Waals surface area contributed by atoms with Crippen molar-refractivity contribution in [2.45, 2.75) is 40.0 Å². The van der Waals surface area contributed by atoms with E-state index in [1.165, 1.54) is 17.7 Å². The van der Waals surface area contributed by atoms with Gasteiger partial charge in [-0.1, -0.05) is 33.3 Å². The normalized spacial score (nSPS) is 10.8. The Morgan fingerprint density at radius 3 is 2.54 bits per heavy atom. The lowest BCUT2D eigenvalue weighted by molar-refractivity contribution is 0.645. The largest absolute Gasteiger partial charge is 0.261 e. The maximum Gasteiger partial charge on any atom is 0.0403 e. The van der Waals surface area contributed by atoms with E-state index in [2.05, 4.69) is 37.9 Å². The Labute approximate surface area is 81.2 Å². The van der Waals surface area contributed by atoms with Crippen molar-refractivity contribution in [1.29, 1.82) is 0 Å². The molecule has 0 saturated heterocycles. The van der Waals surface area contributed by atoms with E-state index in [0.717, 1.165) is 18.8 Å². The monoisotopic (exact) mass is 177 g/mol. The minimum Gasteiger partial charge on any atom is -0.261 e. The second kappa shape index (κ2) is 5.00. The van der Waals surface area contributed by atoms with Gasteiger partial charge in [0.2, 0.25) is 0 Å². The number of hydrogen-bond donors (Lipinski definition) is 0. The number of aromatic nitrogens is 1. The van der Waals surface area contributed by atoms with Crippen molar-refractivity contribution >= 4 is 0 Å². The summed E-state index contributed by atoms with van der Waals surface area (Å²) in [6.45, 7) is 6.66. The summed E-state index contributed by atoms with van der Waals surface area (Å²) >= 11 is 0. The predicted molar refractivity (Wildman–Crippen MR) is 56.8 cm³/mol. The van der Waals surface area contributed by atoms with Crippen molar-refractivity contribution in [2.24, 2.45) is 5.92 Å². The summed E-state index contributed by atoms with van der Waals surface area (Å²) in [5.41, 5.74) is 2.57. The first-order chi connectivity index (χ1) is 6.22. The van der Waals surface area contributed by atoms with Gasteiger partial charge in [0.1, 0.15) is 0 Å². The molecular formula is C12H19N. The molecule has 0 radical (unpaired) electrons. The Hall–Kier alpha value is -0.850. The van der Waals surface area contributed by atoms with Crippen molar-refractivity contribution in [1.82, 2.24) is 4.98 Å². The summed E-state index contributed by atoms with van der Waals surface area (Å²) < 4.78 is 0. The van der Waals surface area contributed by atoms with Gasteiger partial charge in [0.25, 0.3) is 0 Å². The van der Waals surface area contributed by atoms with Gasteiger partial charge >= 0.3 is 0 Å². The molecule has 1 aromatic heterocycles. The number of nitrogens with zero attached hydrogens (tertiary/aromatic N) is 1. The van der Waals surface area contributed by atoms with Crippen molar-refractivity contribution in [3.8, 4) is 0 Å². The summed E-state index contributed by atoms with van der Waals surface area (Å²) in [7, 11) is 0. The lowest BCUT2D eigenvalue weighted by atomic mass is 10.0. The molecule has 1 heteroatoms. The van der Waals surface area contributed by atoms with Crippen LogP contribution in [0.5, 0.6) is 0 Å². The van der Waals surface area contributed by atoms with Crippen LogP contribution >= 0.6 is 0 Å². The summed E-state index contributed by atoms with van der Waals surface area (Å²) in [6, 6.07) is 4.36. The van der Waals surface area contributed by atoms with Gasteiger partial charge in [-0.05, 0) is 30.4 Å². The molecule has 0 N–H and O–H groups in total. The second-order valence-corrected chi connectivity index (χ2v) is 4.01. The Kier molecular flexibility index (Phi) is 3.94. The maximum atomic E-state index is 4.42. The molecule has 0 atom stereocenters. The van der Waals surface area contributed by atoms with Crippen LogP contribution in [0.4, 0.5) is 0 Å². The Morgan fingerprint density at radius 1 is 1.31 bits per heavy atom. The quantitative estimate of drug-likeness (QED) is 0.688. The average molecular weight is 177 g/mol. The van der Waals surface area contributed by atoms with Gasteiger partial charge in [-0.25, -0.2) is 0 Å². The van der Waals surface area contributed by atoms with Gasteiger partial charge < -0.3 is 0 Å². The van der Waals surface area contributed by atoms with Crippen LogP contribution in [0.15, 0.2) is 18.3 Å². The minimum atomic E-state index is 0.721. The van der Waals surface area contributed by atoms with E-state index in [1.807, 2.05) is 6.20 Å². The lowest BCUT2D eigenvalue weighted by Gasteiger charge is -2.04. The van der Waals surface area contributed by atoms with Gasteiger partial charge in [0.15, 0.2) is 0 Å². The molecule has 13 heavy (non-hydrogen) atoms. The minimum absolute atomic E-state index is 0.721. The van der Waals surface area contributed by atoms with Crippen molar-refractivity contribution in [3.63, 3.8) is 0 Å². The third-order valence-corrected chi connectivity index (χ3v) is 2.04. The molecule has 0 aliphatic carbocycles. The zero-order valence-electron chi connectivity index (χ0n) is 8.88. The second-order valence-electron chi connectivity index (χ2n) is 4.01. The molecule has 0 bridgehead atoms. The van der Waals surface area contributed by atoms with Crippen LogP contribution in [0.3, 0.4) is 0 Å². The first kappa shape index (κ1) is 10.2. The lowest BCUT2D eigenvalue weighted by Crippen LogP contribution is -1.96. The van der Waals surface area contributed by atoms with Crippen molar-refractivity contribution < 1.29 is 0 Å². The van der Waals surface area contributed by atoms with Gasteiger partial charge in [-0.2, -0.15) is 0 Å². The van der Waals surface area contributed by atoms with E-state index < -0.39 is 0 Å². The fourth-order valence-corrected chi connectivity index (χ4v) is 1.45. The van der Waals surface area contributed by atoms with Crippen LogP contribution in [-0.4, -0.2) is 4.98 Å². The summed E-state index contributed by atoms with van der Waals surface area (Å²) in [6.07, 6.45) is 5.43. The first-order valence-electron chi connectivity index (χ1n) is 5.16. The smallest absolute Gasteiger partial charge is 0.0403 e. The van der Waals surface area contributed by atoms with Gasteiger partial charge in [0, 0.05) is 11.9 Å². The SMILES string of the molecule is CCCc1ccc(CC(C)C)cn1. The topological polar surface area (TPSA) is 12.9 Å². The zero-order valence-corrected chi connectivity index (χ0v) is 8.88. The molecule has 0 aliphatic heterocycles. The summed E-state index contributed by atoms with van der Waals surface area (Å²) in [5, 5.41) is 0. The molecule has 0 fully saturated rings. The highest BCUT2D eigenvalue weighted by Crippen LogP contribution is 2.08. The van der Waals surface area contributed by atoms with Crippen LogP contribution in [-0.2, 0) is 12.8 Å². The molecule has 1 rings (SSSR count). The van der Waals surface area contributed by atoms with Crippen LogP contribution in [0.2, 0.25) is 0 Å². The highest BCUT2D eigenvalue weighted by molar-refractivity contribution is 5.14. The first-order valence-corrected chi connectivity index (χ1v) is 5.16. The molecule has 0 saturated carbocycles. The molecule has 72 valence electrons. The van der Waals surface area contributed by atoms with Crippen LogP contribution < -0.4 is 0 Å². The molecular weight excluding hydrogens is 158 g/mol. The summed E-state index contributed by atoms with van der Waals surface area (Å²) in [4.78, 5) is 4.42. The molecule has 1 aromatic rings. The van der Waals surface area contributed by atoms with E-state index in [1.54, 1.807) is 0 Å². The third kappa shape index (κ3) is 3.58. The van der Waals surface area contributed by atoms with Gasteiger partial charge in [-0.15, -0.1) is 0 Å². The third-order valence-electron chi connectivity index (χ3n) is 2.04. The van der Waals surface area contributed by atoms with Crippen molar-refractivity contribution in [3.05, 3.63) is 29.6 Å². The van der Waals surface area contributed by atoms with E-state index >= 15 is 0 Å². The molecule has 1 heterocycles. The fraction of sp³-hybridized carbons (Fsp3) is 0.583. The predicted octanol–water partition coefficient (Wildman–Crippen LogP) is 3.23. The van der Waals surface area contributed by atoms with Crippen LogP contribution in [0, 0.1) is 5.92 Å². The Morgan fingerprint density at radius 2 is 2.08 bits per heavy atom. The molecule has 0 unspecified atom stereocenters. The van der Waals surface area contributed by atoms with E-state index in [0.29, 0.717) is 0 Å². The number of pyridine rings is 1. The molecule has 0 amide bonds. The molecule has 0 aliphatic rings. The highest BCUT2D eigenvalue weighted by Gasteiger charge is 1.98. The Balaban J connectivity index is 2.59. The van der Waals surface area contributed by atoms with Gasteiger partial charge in [0.05, 0.1) is 0 Å². The number of hydrogen-bond acceptors (Lipinski definition) is 1. The maximum absolute atomic E-state index is 4.42. The highest BCUT2D eigenvalue weighted by atomic mass is 14.7. The standard InChI is InChI=1S/C12H19N/c1-4-5-12-7-6-11(9-13-12)8-10(2)3/h6-7,9-10H,4-5,8H2,1-3H3. The van der Waals surface area contributed by atoms with Crippen LogP contribution in [0.25, 0.3) is 0 Å². The summed E-state index contributed by atoms with van der Waals surface area (Å²) in [5.74, 6) is 0.721. The van der Waals surface area contributed by atoms with E-state index in [-0.39, 0.29) is 0 Å². The molecule has 0 spiro atoms. The number of aryl methyl sites for hydroxylation is 1. The zero-order chi connectivity index (χ0) is 9.68. The fourth-order valence-electron chi connectivity index (χ4n) is 1.45. The van der Waals surface area contributed by atoms with Crippen LogP contribution in [0.1, 0.15) is 38.4 Å². The molecule has 0 aromatic carbocycles. The molecule has 1 nitrogen and oxygen atoms in total. The number of rotatable bonds is 4. The van der Waals surface area contributed by atoms with Crippen molar-refractivity contribution in [2.75, 3.05) is 0 Å². The van der Waals surface area contributed by atoms with Gasteiger partial charge in [-0.3, -0.25) is 4.98 Å².